The SMILES string of the molecule is C=C(CBr)C1c2ccccc2-c2ccccc21. The molecule has 17 heavy (non-hydrogen) atoms. The maximum Gasteiger partial charge on any atom is 0.0316 e. The van der Waals surface area contributed by atoms with E-state index in [1.807, 2.05) is 0 Å². The van der Waals surface area contributed by atoms with E-state index in [1.54, 1.807) is 0 Å². The van der Waals surface area contributed by atoms with Gasteiger partial charge in [-0.25, -0.2) is 0 Å². The highest BCUT2D eigenvalue weighted by atomic mass is 79.9. The molecule has 0 bridgehead atoms. The number of rotatable bonds is 2. The third-order valence-electron chi connectivity index (χ3n) is 3.41. The molecule has 0 radical (unpaired) electrons. The fourth-order valence-corrected chi connectivity index (χ4v) is 3.00. The molecule has 0 atom stereocenters. The zero-order valence-electron chi connectivity index (χ0n) is 9.49. The lowest BCUT2D eigenvalue weighted by Crippen LogP contribution is -2.00. The average Bonchev–Trinajstić information content (AvgIpc) is 2.72. The number of fused-ring (bicyclic) bond motifs is 3. The van der Waals surface area contributed by atoms with Gasteiger partial charge in [-0.2, -0.15) is 0 Å². The smallest absolute Gasteiger partial charge is 0.0316 e. The van der Waals surface area contributed by atoms with Gasteiger partial charge in [0.25, 0.3) is 0 Å². The Morgan fingerprint density at radius 2 is 1.41 bits per heavy atom. The summed E-state index contributed by atoms with van der Waals surface area (Å²) in [5.74, 6) is 0.349. The van der Waals surface area contributed by atoms with Crippen LogP contribution in [-0.4, -0.2) is 5.33 Å². The van der Waals surface area contributed by atoms with Crippen molar-refractivity contribution in [3.63, 3.8) is 0 Å². The Balaban J connectivity index is 2.27. The number of hydrogen-bond acceptors (Lipinski definition) is 0. The molecule has 1 aliphatic carbocycles. The maximum atomic E-state index is 4.21. The van der Waals surface area contributed by atoms with E-state index in [4.69, 9.17) is 0 Å². The largest absolute Gasteiger partial charge is 0.0981 e. The molecule has 1 heteroatoms. The summed E-state index contributed by atoms with van der Waals surface area (Å²) >= 11 is 3.53. The van der Waals surface area contributed by atoms with Gasteiger partial charge in [-0.3, -0.25) is 0 Å². The molecule has 0 spiro atoms. The van der Waals surface area contributed by atoms with Crippen LogP contribution in [0.2, 0.25) is 0 Å². The third-order valence-corrected chi connectivity index (χ3v) is 4.13. The van der Waals surface area contributed by atoms with Crippen LogP contribution >= 0.6 is 15.9 Å². The molecule has 0 aliphatic heterocycles. The summed E-state index contributed by atoms with van der Waals surface area (Å²) in [6.45, 7) is 4.21. The molecular formula is C16H13Br. The van der Waals surface area contributed by atoms with E-state index in [9.17, 15) is 0 Å². The number of alkyl halides is 1. The fourth-order valence-electron chi connectivity index (χ4n) is 2.67. The summed E-state index contributed by atoms with van der Waals surface area (Å²) in [4.78, 5) is 0. The van der Waals surface area contributed by atoms with Crippen LogP contribution in [0, 0.1) is 0 Å². The Bertz CT molecular complexity index is 538. The van der Waals surface area contributed by atoms with Gasteiger partial charge in [0.15, 0.2) is 0 Å². The molecule has 0 aromatic heterocycles. The van der Waals surface area contributed by atoms with Crippen molar-refractivity contribution in [3.05, 3.63) is 71.8 Å². The Morgan fingerprint density at radius 1 is 0.941 bits per heavy atom. The first-order chi connectivity index (χ1) is 8.33. The molecule has 84 valence electrons. The van der Waals surface area contributed by atoms with Crippen molar-refractivity contribution >= 4 is 15.9 Å². The van der Waals surface area contributed by atoms with Crippen molar-refractivity contribution in [2.45, 2.75) is 5.92 Å². The molecule has 0 amide bonds. The standard InChI is InChI=1S/C16H13Br/c1-11(10-17)16-14-8-4-2-6-12(14)13-7-3-5-9-15(13)16/h2-9,16H,1,10H2. The number of hydrogen-bond donors (Lipinski definition) is 0. The second-order valence-electron chi connectivity index (χ2n) is 4.40. The van der Waals surface area contributed by atoms with E-state index in [0.29, 0.717) is 5.92 Å². The van der Waals surface area contributed by atoms with E-state index in [0.717, 1.165) is 5.33 Å². The first-order valence-electron chi connectivity index (χ1n) is 5.75. The van der Waals surface area contributed by atoms with E-state index < -0.39 is 0 Å². The maximum absolute atomic E-state index is 4.21. The summed E-state index contributed by atoms with van der Waals surface area (Å²) < 4.78 is 0. The first kappa shape index (κ1) is 10.8. The molecule has 0 unspecified atom stereocenters. The second-order valence-corrected chi connectivity index (χ2v) is 4.96. The van der Waals surface area contributed by atoms with Gasteiger partial charge in [-0.1, -0.05) is 76.6 Å². The fraction of sp³-hybridized carbons (Fsp3) is 0.125. The monoisotopic (exact) mass is 284 g/mol. The topological polar surface area (TPSA) is 0 Å². The van der Waals surface area contributed by atoms with E-state index in [-0.39, 0.29) is 0 Å². The van der Waals surface area contributed by atoms with Gasteiger partial charge in [0.05, 0.1) is 0 Å². The van der Waals surface area contributed by atoms with Crippen LogP contribution in [0.1, 0.15) is 17.0 Å². The molecule has 0 nitrogen and oxygen atoms in total. The van der Waals surface area contributed by atoms with Crippen LogP contribution in [0.15, 0.2) is 60.7 Å². The molecule has 0 fully saturated rings. The molecular weight excluding hydrogens is 272 g/mol. The van der Waals surface area contributed by atoms with Crippen LogP contribution < -0.4 is 0 Å². The highest BCUT2D eigenvalue weighted by Gasteiger charge is 2.29. The molecule has 0 heterocycles. The van der Waals surface area contributed by atoms with Crippen LogP contribution in [0.5, 0.6) is 0 Å². The van der Waals surface area contributed by atoms with E-state index in [1.165, 1.54) is 27.8 Å². The quantitative estimate of drug-likeness (QED) is 0.551. The summed E-state index contributed by atoms with van der Waals surface area (Å²) in [7, 11) is 0. The van der Waals surface area contributed by atoms with Crippen molar-refractivity contribution in [2.75, 3.05) is 5.33 Å². The predicted octanol–water partition coefficient (Wildman–Crippen LogP) is 4.75. The highest BCUT2D eigenvalue weighted by molar-refractivity contribution is 9.09. The van der Waals surface area contributed by atoms with Crippen molar-refractivity contribution < 1.29 is 0 Å². The lowest BCUT2D eigenvalue weighted by Gasteiger charge is -2.14. The minimum absolute atomic E-state index is 0.349. The lowest BCUT2D eigenvalue weighted by atomic mass is 9.91. The molecule has 1 aliphatic rings. The molecule has 2 aromatic carbocycles. The van der Waals surface area contributed by atoms with Crippen molar-refractivity contribution in [1.29, 1.82) is 0 Å². The minimum Gasteiger partial charge on any atom is -0.0981 e. The van der Waals surface area contributed by atoms with E-state index >= 15 is 0 Å². The summed E-state index contributed by atoms with van der Waals surface area (Å²) in [5.41, 5.74) is 6.71. The average molecular weight is 285 g/mol. The predicted molar refractivity (Wildman–Crippen MR) is 76.7 cm³/mol. The normalized spacial score (nSPS) is 13.2. The summed E-state index contributed by atoms with van der Waals surface area (Å²) in [5, 5.41) is 0.848. The van der Waals surface area contributed by atoms with Gasteiger partial charge in [-0.15, -0.1) is 0 Å². The Labute approximate surface area is 110 Å². The molecule has 2 aromatic rings. The van der Waals surface area contributed by atoms with Gasteiger partial charge in [0.1, 0.15) is 0 Å². The number of halogens is 1. The van der Waals surface area contributed by atoms with Crippen molar-refractivity contribution in [1.82, 2.24) is 0 Å². The summed E-state index contributed by atoms with van der Waals surface area (Å²) in [6.07, 6.45) is 0. The van der Waals surface area contributed by atoms with Crippen LogP contribution in [0.4, 0.5) is 0 Å². The van der Waals surface area contributed by atoms with Crippen LogP contribution in [0.25, 0.3) is 11.1 Å². The molecule has 0 N–H and O–H groups in total. The zero-order chi connectivity index (χ0) is 11.8. The summed E-state index contributed by atoms with van der Waals surface area (Å²) in [6, 6.07) is 17.3. The Hall–Kier alpha value is -1.34. The third kappa shape index (κ3) is 1.57. The van der Waals surface area contributed by atoms with Crippen molar-refractivity contribution in [2.24, 2.45) is 0 Å². The van der Waals surface area contributed by atoms with Gasteiger partial charge in [0, 0.05) is 11.2 Å². The molecule has 0 saturated heterocycles. The van der Waals surface area contributed by atoms with Crippen LogP contribution in [-0.2, 0) is 0 Å². The van der Waals surface area contributed by atoms with Gasteiger partial charge >= 0.3 is 0 Å². The zero-order valence-corrected chi connectivity index (χ0v) is 11.1. The van der Waals surface area contributed by atoms with Gasteiger partial charge < -0.3 is 0 Å². The lowest BCUT2D eigenvalue weighted by molar-refractivity contribution is 0.994. The van der Waals surface area contributed by atoms with Crippen LogP contribution in [0.3, 0.4) is 0 Å². The highest BCUT2D eigenvalue weighted by Crippen LogP contribution is 2.47. The second kappa shape index (κ2) is 4.15. The van der Waals surface area contributed by atoms with Gasteiger partial charge in [-0.05, 0) is 22.3 Å². The molecule has 3 rings (SSSR count). The molecule has 0 saturated carbocycles. The van der Waals surface area contributed by atoms with Gasteiger partial charge in [0.2, 0.25) is 0 Å². The van der Waals surface area contributed by atoms with E-state index in [2.05, 4.69) is 71.0 Å². The number of allylic oxidation sites excluding steroid dienone is 1. The minimum atomic E-state index is 0.349. The Kier molecular flexibility index (Phi) is 2.64. The Morgan fingerprint density at radius 3 is 1.88 bits per heavy atom. The first-order valence-corrected chi connectivity index (χ1v) is 6.87. The van der Waals surface area contributed by atoms with Crippen molar-refractivity contribution in [3.8, 4) is 11.1 Å². The number of benzene rings is 2.